The molecule has 0 bridgehead atoms. The minimum Gasteiger partial charge on any atom is -0.352 e. The van der Waals surface area contributed by atoms with Crippen molar-refractivity contribution < 1.29 is 18.0 Å². The van der Waals surface area contributed by atoms with Crippen molar-refractivity contribution in [2.45, 2.75) is 68.3 Å². The molecule has 2 heterocycles. The number of sulfonamides is 1. The number of nitrogens with one attached hydrogen (secondary N) is 2. The molecule has 0 unspecified atom stereocenters. The molecule has 3 aliphatic rings. The van der Waals surface area contributed by atoms with Crippen LogP contribution in [0.5, 0.6) is 0 Å². The number of amides is 2. The molecule has 7 nitrogen and oxygen atoms in total. The molecule has 1 saturated carbocycles. The number of hydrogen-bond acceptors (Lipinski definition) is 4. The summed E-state index contributed by atoms with van der Waals surface area (Å²) in [7, 11) is -3.78. The second-order valence-corrected chi connectivity index (χ2v) is 9.55. The van der Waals surface area contributed by atoms with Crippen molar-refractivity contribution in [2.75, 3.05) is 11.9 Å². The van der Waals surface area contributed by atoms with Gasteiger partial charge in [0.15, 0.2) is 0 Å². The Kier molecular flexibility index (Phi) is 4.94. The number of hydrogen-bond donors (Lipinski definition) is 2. The van der Waals surface area contributed by atoms with E-state index >= 15 is 0 Å². The molecule has 2 fully saturated rings. The fourth-order valence-corrected chi connectivity index (χ4v) is 6.04. The Morgan fingerprint density at radius 2 is 1.89 bits per heavy atom. The van der Waals surface area contributed by atoms with Gasteiger partial charge in [-0.05, 0) is 49.4 Å². The van der Waals surface area contributed by atoms with Gasteiger partial charge in [0, 0.05) is 18.3 Å². The zero-order valence-electron chi connectivity index (χ0n) is 15.2. The van der Waals surface area contributed by atoms with E-state index in [4.69, 9.17) is 0 Å². The molecule has 4 rings (SSSR count). The van der Waals surface area contributed by atoms with Crippen LogP contribution in [0.3, 0.4) is 0 Å². The number of anilines is 1. The first-order chi connectivity index (χ1) is 12.9. The Bertz CT molecular complexity index is 862. The molecule has 0 radical (unpaired) electrons. The molecule has 0 aromatic heterocycles. The van der Waals surface area contributed by atoms with Gasteiger partial charge >= 0.3 is 0 Å². The highest BCUT2D eigenvalue weighted by Gasteiger charge is 2.40. The van der Waals surface area contributed by atoms with Gasteiger partial charge in [0.2, 0.25) is 21.8 Å². The zero-order valence-corrected chi connectivity index (χ0v) is 16.1. The topological polar surface area (TPSA) is 95.6 Å². The lowest BCUT2D eigenvalue weighted by atomic mass is 9.95. The summed E-state index contributed by atoms with van der Waals surface area (Å²) >= 11 is 0. The van der Waals surface area contributed by atoms with Crippen LogP contribution in [0, 0.1) is 0 Å². The van der Waals surface area contributed by atoms with Crippen LogP contribution < -0.4 is 10.6 Å². The first kappa shape index (κ1) is 18.4. The minimum atomic E-state index is -3.78. The second-order valence-electron chi connectivity index (χ2n) is 7.66. The van der Waals surface area contributed by atoms with E-state index in [1.54, 1.807) is 12.1 Å². The highest BCUT2D eigenvalue weighted by Crippen LogP contribution is 2.31. The zero-order chi connectivity index (χ0) is 19.0. The average molecular weight is 391 g/mol. The Morgan fingerprint density at radius 3 is 2.67 bits per heavy atom. The molecule has 146 valence electrons. The number of rotatable bonds is 4. The third-order valence-electron chi connectivity index (χ3n) is 5.77. The molecule has 1 atom stereocenters. The third kappa shape index (κ3) is 3.60. The summed E-state index contributed by atoms with van der Waals surface area (Å²) in [5.41, 5.74) is 1.34. The Balaban J connectivity index is 1.53. The van der Waals surface area contributed by atoms with Crippen LogP contribution in [0.15, 0.2) is 23.1 Å². The van der Waals surface area contributed by atoms with Crippen molar-refractivity contribution in [3.8, 4) is 0 Å². The SMILES string of the molecule is O=C1Cc2cc(S(=O)(=O)N3CCC[C@H]3C(=O)NC3CCCCC3)ccc2N1. The van der Waals surface area contributed by atoms with E-state index in [2.05, 4.69) is 10.6 Å². The number of nitrogens with zero attached hydrogens (tertiary/aromatic N) is 1. The van der Waals surface area contributed by atoms with E-state index in [9.17, 15) is 18.0 Å². The molecule has 1 aliphatic carbocycles. The number of carbonyl (C=O) groups excluding carboxylic acids is 2. The van der Waals surface area contributed by atoms with Gasteiger partial charge in [-0.15, -0.1) is 0 Å². The monoisotopic (exact) mass is 391 g/mol. The van der Waals surface area contributed by atoms with Crippen molar-refractivity contribution in [1.82, 2.24) is 9.62 Å². The van der Waals surface area contributed by atoms with E-state index in [1.165, 1.54) is 16.8 Å². The lowest BCUT2D eigenvalue weighted by molar-refractivity contribution is -0.125. The van der Waals surface area contributed by atoms with Gasteiger partial charge in [0.25, 0.3) is 0 Å². The van der Waals surface area contributed by atoms with Crippen LogP contribution in [0.1, 0.15) is 50.5 Å². The van der Waals surface area contributed by atoms with Crippen LogP contribution in [0.4, 0.5) is 5.69 Å². The van der Waals surface area contributed by atoms with Gasteiger partial charge in [-0.1, -0.05) is 19.3 Å². The van der Waals surface area contributed by atoms with Crippen LogP contribution >= 0.6 is 0 Å². The van der Waals surface area contributed by atoms with E-state index < -0.39 is 16.1 Å². The molecule has 2 N–H and O–H groups in total. The fraction of sp³-hybridized carbons (Fsp3) is 0.579. The number of fused-ring (bicyclic) bond motifs is 1. The summed E-state index contributed by atoms with van der Waals surface area (Å²) in [6.45, 7) is 0.347. The summed E-state index contributed by atoms with van der Waals surface area (Å²) in [4.78, 5) is 24.4. The smallest absolute Gasteiger partial charge is 0.243 e. The van der Waals surface area contributed by atoms with Gasteiger partial charge in [-0.25, -0.2) is 8.42 Å². The Morgan fingerprint density at radius 1 is 1.11 bits per heavy atom. The van der Waals surface area contributed by atoms with Crippen LogP contribution in [0.25, 0.3) is 0 Å². The first-order valence-corrected chi connectivity index (χ1v) is 11.1. The van der Waals surface area contributed by atoms with Crippen molar-refractivity contribution in [3.05, 3.63) is 23.8 Å². The largest absolute Gasteiger partial charge is 0.352 e. The molecule has 1 saturated heterocycles. The molecule has 1 aromatic rings. The van der Waals surface area contributed by atoms with Crippen molar-refractivity contribution in [1.29, 1.82) is 0 Å². The molecule has 1 aromatic carbocycles. The Hall–Kier alpha value is -1.93. The van der Waals surface area contributed by atoms with Gasteiger partial charge in [0.1, 0.15) is 6.04 Å². The maximum Gasteiger partial charge on any atom is 0.243 e. The summed E-state index contributed by atoms with van der Waals surface area (Å²) in [5, 5.41) is 5.77. The van der Waals surface area contributed by atoms with E-state index in [1.807, 2.05) is 0 Å². The Labute approximate surface area is 159 Å². The highest BCUT2D eigenvalue weighted by molar-refractivity contribution is 7.89. The summed E-state index contributed by atoms with van der Waals surface area (Å²) in [6.07, 6.45) is 6.76. The summed E-state index contributed by atoms with van der Waals surface area (Å²) < 4.78 is 27.7. The van der Waals surface area contributed by atoms with Crippen LogP contribution in [0.2, 0.25) is 0 Å². The maximum absolute atomic E-state index is 13.2. The average Bonchev–Trinajstić information content (AvgIpc) is 3.28. The molecule has 2 amide bonds. The lowest BCUT2D eigenvalue weighted by Crippen LogP contribution is -2.49. The van der Waals surface area contributed by atoms with E-state index in [-0.39, 0.29) is 29.2 Å². The van der Waals surface area contributed by atoms with Gasteiger partial charge in [0.05, 0.1) is 11.3 Å². The minimum absolute atomic E-state index is 0.134. The highest BCUT2D eigenvalue weighted by atomic mass is 32.2. The van der Waals surface area contributed by atoms with Crippen molar-refractivity contribution in [2.24, 2.45) is 0 Å². The fourth-order valence-electron chi connectivity index (χ4n) is 4.34. The molecule has 0 spiro atoms. The first-order valence-electron chi connectivity index (χ1n) is 9.70. The van der Waals surface area contributed by atoms with Gasteiger partial charge in [-0.3, -0.25) is 9.59 Å². The van der Waals surface area contributed by atoms with E-state index in [0.29, 0.717) is 30.6 Å². The van der Waals surface area contributed by atoms with Crippen molar-refractivity contribution in [3.63, 3.8) is 0 Å². The number of carbonyl (C=O) groups is 2. The summed E-state index contributed by atoms with van der Waals surface area (Å²) in [5.74, 6) is -0.313. The predicted molar refractivity (Wildman–Crippen MR) is 101 cm³/mol. The predicted octanol–water partition coefficient (Wildman–Crippen LogP) is 1.78. The second kappa shape index (κ2) is 7.24. The van der Waals surface area contributed by atoms with Crippen molar-refractivity contribution >= 4 is 27.5 Å². The van der Waals surface area contributed by atoms with Crippen LogP contribution in [-0.4, -0.2) is 43.2 Å². The molecular formula is C19H25N3O4S. The standard InChI is InChI=1S/C19H25N3O4S/c23-18-12-13-11-15(8-9-16(13)21-18)27(25,26)22-10-4-7-17(22)19(24)20-14-5-2-1-3-6-14/h8-9,11,14,17H,1-7,10,12H2,(H,20,24)(H,21,23)/t17-/m0/s1. The van der Waals surface area contributed by atoms with Gasteiger partial charge in [-0.2, -0.15) is 4.31 Å². The van der Waals surface area contributed by atoms with Crippen LogP contribution in [-0.2, 0) is 26.0 Å². The molecule has 2 aliphatic heterocycles. The quantitative estimate of drug-likeness (QED) is 0.818. The summed E-state index contributed by atoms with van der Waals surface area (Å²) in [6, 6.07) is 4.20. The van der Waals surface area contributed by atoms with E-state index in [0.717, 1.165) is 25.7 Å². The maximum atomic E-state index is 13.2. The lowest BCUT2D eigenvalue weighted by Gasteiger charge is -2.28. The third-order valence-corrected chi connectivity index (χ3v) is 7.67. The molecule has 27 heavy (non-hydrogen) atoms. The van der Waals surface area contributed by atoms with Gasteiger partial charge < -0.3 is 10.6 Å². The molecule has 8 heteroatoms. The normalized spacial score (nSPS) is 23.9. The number of benzene rings is 1. The molecular weight excluding hydrogens is 366 g/mol.